The lowest BCUT2D eigenvalue weighted by molar-refractivity contribution is -0.0573. The highest BCUT2D eigenvalue weighted by atomic mass is 32.2. The molecule has 1 fully saturated rings. The summed E-state index contributed by atoms with van der Waals surface area (Å²) < 4.78 is 17.8. The van der Waals surface area contributed by atoms with Gasteiger partial charge in [0.15, 0.2) is 0 Å². The van der Waals surface area contributed by atoms with E-state index in [-0.39, 0.29) is 10.9 Å². The Morgan fingerprint density at radius 1 is 1.27 bits per heavy atom. The summed E-state index contributed by atoms with van der Waals surface area (Å²) in [4.78, 5) is 0. The quantitative estimate of drug-likeness (QED) is 0.732. The van der Waals surface area contributed by atoms with Crippen molar-refractivity contribution in [2.45, 2.75) is 64.4 Å². The summed E-state index contributed by atoms with van der Waals surface area (Å²) >= 11 is 0. The maximum Gasteiger partial charge on any atom is 0.0719 e. The summed E-state index contributed by atoms with van der Waals surface area (Å²) in [5.41, 5.74) is 0. The van der Waals surface area contributed by atoms with Gasteiger partial charge in [0.25, 0.3) is 0 Å². The summed E-state index contributed by atoms with van der Waals surface area (Å²) in [7, 11) is -0.796. The zero-order chi connectivity index (χ0) is 11.6. The van der Waals surface area contributed by atoms with Gasteiger partial charge in [0.1, 0.15) is 0 Å². The van der Waals surface area contributed by atoms with E-state index >= 15 is 0 Å². The average molecular weight is 232 g/mol. The van der Waals surface area contributed by atoms with E-state index in [4.69, 9.17) is 4.74 Å². The van der Waals surface area contributed by atoms with Crippen molar-refractivity contribution >= 4 is 10.8 Å². The van der Waals surface area contributed by atoms with E-state index in [1.165, 1.54) is 6.42 Å². The van der Waals surface area contributed by atoms with Gasteiger partial charge in [-0.1, -0.05) is 6.92 Å². The van der Waals surface area contributed by atoms with Gasteiger partial charge in [0.05, 0.1) is 18.0 Å². The van der Waals surface area contributed by atoms with Crippen LogP contribution in [0.5, 0.6) is 0 Å². The maximum atomic E-state index is 12.0. The molecule has 1 unspecified atom stereocenters. The number of ether oxygens (including phenoxy) is 1. The fourth-order valence-corrected chi connectivity index (χ4v) is 2.99. The second kappa shape index (κ2) is 4.96. The highest BCUT2D eigenvalue weighted by Gasteiger charge is 2.30. The van der Waals surface area contributed by atoms with E-state index in [1.807, 2.05) is 20.8 Å². The molecule has 0 N–H and O–H groups in total. The Hall–Kier alpha value is 0.110. The minimum Gasteiger partial charge on any atom is -0.374 e. The van der Waals surface area contributed by atoms with Gasteiger partial charge < -0.3 is 4.74 Å². The Balaban J connectivity index is 2.53. The standard InChI is InChI=1S/C12H24O2S/c1-9-6-7-10(2)14-11(9)8-15(13)12(3,4)5/h9-11H,6-8H2,1-5H3/t9-,10+,11-,15?/m1/s1. The molecule has 0 aliphatic carbocycles. The van der Waals surface area contributed by atoms with Crippen LogP contribution in [0.1, 0.15) is 47.5 Å². The van der Waals surface area contributed by atoms with Crippen molar-refractivity contribution in [1.29, 1.82) is 0 Å². The summed E-state index contributed by atoms with van der Waals surface area (Å²) in [6.45, 7) is 10.4. The van der Waals surface area contributed by atoms with Gasteiger partial charge in [-0.05, 0) is 46.5 Å². The molecule has 0 radical (unpaired) electrons. The maximum absolute atomic E-state index is 12.0. The van der Waals surface area contributed by atoms with Crippen LogP contribution in [0.25, 0.3) is 0 Å². The van der Waals surface area contributed by atoms with E-state index in [2.05, 4.69) is 13.8 Å². The molecule has 1 saturated heterocycles. The monoisotopic (exact) mass is 232 g/mol. The Labute approximate surface area is 96.2 Å². The molecular formula is C12H24O2S. The van der Waals surface area contributed by atoms with Crippen molar-refractivity contribution in [3.8, 4) is 0 Å². The molecule has 1 heterocycles. The molecule has 1 aliphatic rings. The summed E-state index contributed by atoms with van der Waals surface area (Å²) in [6.07, 6.45) is 2.87. The smallest absolute Gasteiger partial charge is 0.0719 e. The lowest BCUT2D eigenvalue weighted by Gasteiger charge is -2.34. The molecule has 0 aromatic rings. The topological polar surface area (TPSA) is 26.3 Å². The van der Waals surface area contributed by atoms with Gasteiger partial charge in [-0.25, -0.2) is 0 Å². The van der Waals surface area contributed by atoms with Crippen LogP contribution in [-0.2, 0) is 15.5 Å². The second-order valence-electron chi connectivity index (χ2n) is 5.66. The normalized spacial score (nSPS) is 35.1. The SMILES string of the molecule is C[C@@H]1CC[C@H](C)O[C@@H]1CS(=O)C(C)(C)C. The number of hydrogen-bond acceptors (Lipinski definition) is 2. The molecule has 0 saturated carbocycles. The molecule has 4 atom stereocenters. The van der Waals surface area contributed by atoms with E-state index in [1.54, 1.807) is 0 Å². The lowest BCUT2D eigenvalue weighted by Crippen LogP contribution is -2.39. The van der Waals surface area contributed by atoms with Crippen molar-refractivity contribution in [1.82, 2.24) is 0 Å². The molecule has 1 rings (SSSR count). The van der Waals surface area contributed by atoms with Gasteiger partial charge in [0.2, 0.25) is 0 Å². The van der Waals surface area contributed by atoms with Crippen LogP contribution in [0.4, 0.5) is 0 Å². The fourth-order valence-electron chi connectivity index (χ4n) is 1.79. The molecule has 0 spiro atoms. The van der Waals surface area contributed by atoms with Crippen LogP contribution in [0, 0.1) is 5.92 Å². The Bertz CT molecular complexity index is 232. The molecule has 3 heteroatoms. The van der Waals surface area contributed by atoms with Crippen molar-refractivity contribution in [2.75, 3.05) is 5.75 Å². The van der Waals surface area contributed by atoms with Crippen molar-refractivity contribution in [3.05, 3.63) is 0 Å². The second-order valence-corrected chi connectivity index (χ2v) is 7.91. The van der Waals surface area contributed by atoms with Crippen LogP contribution in [0.3, 0.4) is 0 Å². The Morgan fingerprint density at radius 3 is 2.40 bits per heavy atom. The first-order valence-corrected chi connectivity index (χ1v) is 7.16. The number of rotatable bonds is 2. The predicted octanol–water partition coefficient (Wildman–Crippen LogP) is 2.74. The minimum atomic E-state index is -0.796. The molecule has 0 aromatic heterocycles. The fraction of sp³-hybridized carbons (Fsp3) is 1.00. The van der Waals surface area contributed by atoms with Crippen molar-refractivity contribution in [2.24, 2.45) is 5.92 Å². The van der Waals surface area contributed by atoms with Crippen LogP contribution >= 0.6 is 0 Å². The molecule has 0 aromatic carbocycles. The van der Waals surface area contributed by atoms with E-state index in [0.29, 0.717) is 17.8 Å². The molecule has 1 aliphatic heterocycles. The third-order valence-corrected chi connectivity index (χ3v) is 5.07. The molecular weight excluding hydrogens is 208 g/mol. The summed E-state index contributed by atoms with van der Waals surface area (Å²) in [6, 6.07) is 0. The first-order chi connectivity index (χ1) is 6.80. The van der Waals surface area contributed by atoms with Gasteiger partial charge in [-0.15, -0.1) is 0 Å². The van der Waals surface area contributed by atoms with Gasteiger partial charge >= 0.3 is 0 Å². The third kappa shape index (κ3) is 3.87. The minimum absolute atomic E-state index is 0.121. The highest BCUT2D eigenvalue weighted by Crippen LogP contribution is 2.26. The summed E-state index contributed by atoms with van der Waals surface area (Å²) in [5, 5.41) is 0. The highest BCUT2D eigenvalue weighted by molar-refractivity contribution is 7.86. The zero-order valence-electron chi connectivity index (χ0n) is 10.6. The first kappa shape index (κ1) is 13.2. The van der Waals surface area contributed by atoms with Crippen LogP contribution in [-0.4, -0.2) is 26.9 Å². The number of hydrogen-bond donors (Lipinski definition) is 0. The van der Waals surface area contributed by atoms with Gasteiger partial charge in [0, 0.05) is 15.5 Å². The summed E-state index contributed by atoms with van der Waals surface area (Å²) in [5.74, 6) is 1.24. The largest absolute Gasteiger partial charge is 0.374 e. The lowest BCUT2D eigenvalue weighted by atomic mass is 9.95. The molecule has 15 heavy (non-hydrogen) atoms. The van der Waals surface area contributed by atoms with Crippen LogP contribution < -0.4 is 0 Å². The van der Waals surface area contributed by atoms with E-state index in [9.17, 15) is 4.21 Å². The molecule has 90 valence electrons. The third-order valence-electron chi connectivity index (χ3n) is 3.07. The van der Waals surface area contributed by atoms with Crippen molar-refractivity contribution < 1.29 is 8.95 Å². The Morgan fingerprint density at radius 2 is 1.87 bits per heavy atom. The average Bonchev–Trinajstić information content (AvgIpc) is 2.09. The predicted molar refractivity (Wildman–Crippen MR) is 65.5 cm³/mol. The zero-order valence-corrected chi connectivity index (χ0v) is 11.4. The molecule has 2 nitrogen and oxygen atoms in total. The Kier molecular flexibility index (Phi) is 4.36. The first-order valence-electron chi connectivity index (χ1n) is 5.84. The van der Waals surface area contributed by atoms with Crippen molar-refractivity contribution in [3.63, 3.8) is 0 Å². The van der Waals surface area contributed by atoms with Gasteiger partial charge in [-0.3, -0.25) is 4.21 Å². The molecule has 0 amide bonds. The van der Waals surface area contributed by atoms with E-state index < -0.39 is 10.8 Å². The van der Waals surface area contributed by atoms with Crippen LogP contribution in [0.15, 0.2) is 0 Å². The van der Waals surface area contributed by atoms with Crippen LogP contribution in [0.2, 0.25) is 0 Å². The molecule has 0 bridgehead atoms. The van der Waals surface area contributed by atoms with E-state index in [0.717, 1.165) is 6.42 Å². The van der Waals surface area contributed by atoms with Gasteiger partial charge in [-0.2, -0.15) is 0 Å².